The predicted octanol–water partition coefficient (Wildman–Crippen LogP) is 3.37. The van der Waals surface area contributed by atoms with E-state index < -0.39 is 62.8 Å². The topological polar surface area (TPSA) is 80.3 Å². The van der Waals surface area contributed by atoms with Gasteiger partial charge in [-0.3, -0.25) is 0 Å². The SMILES string of the molecule is O=S(=O)(NS(=O)(=O)C(F)(F)C(F)(F)C(F)(F)Sc1ccccc1)C(F)(F)F. The first kappa shape index (κ1) is 23.8. The van der Waals surface area contributed by atoms with Crippen LogP contribution in [0.5, 0.6) is 0 Å². The van der Waals surface area contributed by atoms with Crippen molar-refractivity contribution in [3.8, 4) is 0 Å². The molecule has 156 valence electrons. The largest absolute Gasteiger partial charge is 0.512 e. The minimum atomic E-state index is -7.47. The average molecular weight is 471 g/mol. The van der Waals surface area contributed by atoms with Gasteiger partial charge in [-0.05, 0) is 23.9 Å². The Bertz CT molecular complexity index is 882. The van der Waals surface area contributed by atoms with Gasteiger partial charge in [-0.2, -0.15) is 39.5 Å². The molecule has 1 rings (SSSR count). The second-order valence-corrected chi connectivity index (χ2v) is 9.40. The molecule has 5 nitrogen and oxygen atoms in total. The molecule has 27 heavy (non-hydrogen) atoms. The Morgan fingerprint density at radius 3 is 1.59 bits per heavy atom. The zero-order chi connectivity index (χ0) is 21.5. The summed E-state index contributed by atoms with van der Waals surface area (Å²) in [5.41, 5.74) is -6.49. The Hall–Kier alpha value is -1.20. The Morgan fingerprint density at radius 1 is 0.741 bits per heavy atom. The second kappa shape index (κ2) is 7.00. The van der Waals surface area contributed by atoms with Crippen LogP contribution in [0.25, 0.3) is 0 Å². The number of alkyl halides is 9. The number of nitrogens with one attached hydrogen (secondary N) is 1. The highest BCUT2D eigenvalue weighted by atomic mass is 32.3. The molecule has 0 fully saturated rings. The van der Waals surface area contributed by atoms with Gasteiger partial charge in [0.2, 0.25) is 0 Å². The summed E-state index contributed by atoms with van der Waals surface area (Å²) in [5, 5.41) is -12.8. The highest BCUT2D eigenvalue weighted by molar-refractivity contribution is 8.05. The maximum atomic E-state index is 13.6. The molecule has 0 bridgehead atoms. The molecule has 1 aromatic carbocycles. The van der Waals surface area contributed by atoms with E-state index in [4.69, 9.17) is 0 Å². The summed E-state index contributed by atoms with van der Waals surface area (Å²) in [6, 6.07) is 4.87. The molecular weight excluding hydrogens is 465 g/mol. The van der Waals surface area contributed by atoms with E-state index in [1.54, 1.807) is 0 Å². The number of hydrogen-bond acceptors (Lipinski definition) is 5. The van der Waals surface area contributed by atoms with E-state index >= 15 is 0 Å². The number of sulfonamides is 2. The molecular formula is C10H6F9NO4S3. The van der Waals surface area contributed by atoms with Crippen molar-refractivity contribution in [2.24, 2.45) is 0 Å². The van der Waals surface area contributed by atoms with Crippen molar-refractivity contribution < 1.29 is 56.3 Å². The number of rotatable bonds is 7. The van der Waals surface area contributed by atoms with E-state index in [-0.39, 0.29) is 0 Å². The Balaban J connectivity index is 3.33. The van der Waals surface area contributed by atoms with Gasteiger partial charge >= 0.3 is 32.0 Å². The summed E-state index contributed by atoms with van der Waals surface area (Å²) < 4.78 is 161. The minimum absolute atomic E-state index is 0.698. The molecule has 0 unspecified atom stereocenters. The lowest BCUT2D eigenvalue weighted by Gasteiger charge is -2.31. The van der Waals surface area contributed by atoms with Gasteiger partial charge in [0.15, 0.2) is 0 Å². The van der Waals surface area contributed by atoms with Gasteiger partial charge in [-0.15, -0.1) is 0 Å². The van der Waals surface area contributed by atoms with Crippen molar-refractivity contribution in [3.63, 3.8) is 0 Å². The highest BCUT2D eigenvalue weighted by Gasteiger charge is 2.78. The molecule has 0 aliphatic carbocycles. The van der Waals surface area contributed by atoms with E-state index in [1.165, 1.54) is 6.07 Å². The van der Waals surface area contributed by atoms with Crippen molar-refractivity contribution in [3.05, 3.63) is 30.3 Å². The van der Waals surface area contributed by atoms with E-state index in [0.717, 1.165) is 24.3 Å². The van der Waals surface area contributed by atoms with Crippen LogP contribution in [0, 0.1) is 0 Å². The van der Waals surface area contributed by atoms with Gasteiger partial charge in [0.1, 0.15) is 0 Å². The predicted molar refractivity (Wildman–Crippen MR) is 74.2 cm³/mol. The summed E-state index contributed by atoms with van der Waals surface area (Å²) in [6.45, 7) is 0. The van der Waals surface area contributed by atoms with Crippen LogP contribution in [0.4, 0.5) is 39.5 Å². The van der Waals surface area contributed by atoms with Crippen LogP contribution in [0.1, 0.15) is 0 Å². The lowest BCUT2D eigenvalue weighted by molar-refractivity contribution is -0.240. The maximum Gasteiger partial charge on any atom is 0.512 e. The van der Waals surface area contributed by atoms with Crippen LogP contribution in [-0.2, 0) is 20.0 Å². The van der Waals surface area contributed by atoms with E-state index in [1.807, 2.05) is 0 Å². The van der Waals surface area contributed by atoms with E-state index in [9.17, 15) is 56.3 Å². The molecule has 0 saturated carbocycles. The quantitative estimate of drug-likeness (QED) is 0.488. The lowest BCUT2D eigenvalue weighted by atomic mass is 10.3. The van der Waals surface area contributed by atoms with Gasteiger partial charge in [0.05, 0.1) is 0 Å². The van der Waals surface area contributed by atoms with Crippen LogP contribution in [0.3, 0.4) is 0 Å². The van der Waals surface area contributed by atoms with Gasteiger partial charge in [-0.25, -0.2) is 16.8 Å². The lowest BCUT2D eigenvalue weighted by Crippen LogP contribution is -2.60. The Kier molecular flexibility index (Phi) is 6.18. The molecule has 0 aliphatic heterocycles. The zero-order valence-corrected chi connectivity index (χ0v) is 14.6. The van der Waals surface area contributed by atoms with E-state index in [2.05, 4.69) is 0 Å². The molecule has 0 aromatic heterocycles. The fourth-order valence-corrected chi connectivity index (χ4v) is 4.61. The smallest absolute Gasteiger partial charge is 0.205 e. The van der Waals surface area contributed by atoms with Crippen LogP contribution >= 0.6 is 11.8 Å². The van der Waals surface area contributed by atoms with Crippen molar-refractivity contribution in [2.45, 2.75) is 26.8 Å². The Labute approximate surface area is 150 Å². The molecule has 17 heteroatoms. The summed E-state index contributed by atoms with van der Waals surface area (Å²) in [4.78, 5) is -0.716. The molecule has 0 aliphatic rings. The van der Waals surface area contributed by atoms with Crippen molar-refractivity contribution in [1.29, 1.82) is 0 Å². The third-order valence-corrected chi connectivity index (χ3v) is 6.90. The number of halogens is 9. The molecule has 1 N–H and O–H groups in total. The normalized spacial score (nSPS) is 15.0. The first-order chi connectivity index (χ1) is 11.8. The van der Waals surface area contributed by atoms with Gasteiger partial charge in [-0.1, -0.05) is 22.3 Å². The Morgan fingerprint density at radius 2 is 1.19 bits per heavy atom. The van der Waals surface area contributed by atoms with Crippen molar-refractivity contribution in [2.75, 3.05) is 0 Å². The van der Waals surface area contributed by atoms with Gasteiger partial charge < -0.3 is 0 Å². The molecule has 0 atom stereocenters. The number of hydrogen-bond donors (Lipinski definition) is 1. The molecule has 0 spiro atoms. The van der Waals surface area contributed by atoms with E-state index in [0.29, 0.717) is 0 Å². The molecule has 0 heterocycles. The monoisotopic (exact) mass is 471 g/mol. The summed E-state index contributed by atoms with van der Waals surface area (Å²) in [7, 11) is -14.6. The van der Waals surface area contributed by atoms with Crippen LogP contribution in [0.2, 0.25) is 0 Å². The first-order valence-electron chi connectivity index (χ1n) is 6.00. The van der Waals surface area contributed by atoms with Crippen molar-refractivity contribution in [1.82, 2.24) is 4.13 Å². The summed E-state index contributed by atoms with van der Waals surface area (Å²) in [6.07, 6.45) is 0. The van der Waals surface area contributed by atoms with Gasteiger partial charge in [0, 0.05) is 4.90 Å². The van der Waals surface area contributed by atoms with Crippen molar-refractivity contribution >= 4 is 31.8 Å². The summed E-state index contributed by atoms with van der Waals surface area (Å²) >= 11 is -1.21. The second-order valence-electron chi connectivity index (χ2n) is 4.56. The highest BCUT2D eigenvalue weighted by Crippen LogP contribution is 2.55. The first-order valence-corrected chi connectivity index (χ1v) is 9.79. The molecule has 0 radical (unpaired) electrons. The van der Waals surface area contributed by atoms with Crippen LogP contribution in [-0.4, -0.2) is 38.8 Å². The third-order valence-electron chi connectivity index (χ3n) is 2.58. The zero-order valence-electron chi connectivity index (χ0n) is 12.1. The molecule has 0 saturated heterocycles. The van der Waals surface area contributed by atoms with Gasteiger partial charge in [0.25, 0.3) is 10.0 Å². The summed E-state index contributed by atoms with van der Waals surface area (Å²) in [5.74, 6) is -6.81. The molecule has 0 amide bonds. The maximum absolute atomic E-state index is 13.6. The number of benzene rings is 1. The number of thioether (sulfide) groups is 1. The minimum Gasteiger partial charge on any atom is -0.205 e. The third kappa shape index (κ3) is 4.45. The fourth-order valence-electron chi connectivity index (χ4n) is 1.28. The average Bonchev–Trinajstić information content (AvgIpc) is 2.44. The standard InChI is InChI=1S/C10H6F9NO4S3/c11-7(12,8(13,14)25-6-4-2-1-3-5-6)9(15,16)26(21,22)20-27(23,24)10(17,18)19/h1-5,20H. The van der Waals surface area contributed by atoms with Crippen LogP contribution in [0.15, 0.2) is 35.2 Å². The fraction of sp³-hybridized carbons (Fsp3) is 0.400. The van der Waals surface area contributed by atoms with Crippen LogP contribution < -0.4 is 4.13 Å². The molecule has 1 aromatic rings.